The molecule has 0 amide bonds. The number of piperidine rings is 2. The smallest absolute Gasteiger partial charge is 0.222 e. The van der Waals surface area contributed by atoms with Crippen LogP contribution in [0, 0.1) is 0 Å². The molecule has 1 atom stereocenters. The summed E-state index contributed by atoms with van der Waals surface area (Å²) < 4.78 is 0. The third-order valence-electron chi connectivity index (χ3n) is 7.85. The Bertz CT molecular complexity index is 1260. The van der Waals surface area contributed by atoms with E-state index >= 15 is 0 Å². The number of H-pyrrole nitrogens is 1. The van der Waals surface area contributed by atoms with Gasteiger partial charge >= 0.3 is 0 Å². The molecule has 37 heavy (non-hydrogen) atoms. The second-order valence-corrected chi connectivity index (χ2v) is 10.5. The van der Waals surface area contributed by atoms with E-state index in [0.29, 0.717) is 6.42 Å². The van der Waals surface area contributed by atoms with E-state index in [1.54, 1.807) is 0 Å². The highest BCUT2D eigenvalue weighted by Gasteiger charge is 2.43. The fourth-order valence-corrected chi connectivity index (χ4v) is 5.83. The first kappa shape index (κ1) is 23.9. The van der Waals surface area contributed by atoms with Crippen molar-refractivity contribution in [2.24, 2.45) is 9.98 Å². The van der Waals surface area contributed by atoms with Gasteiger partial charge in [-0.05, 0) is 44.1 Å². The van der Waals surface area contributed by atoms with Crippen molar-refractivity contribution in [3.05, 3.63) is 71.9 Å². The maximum atomic E-state index is 11.0. The van der Waals surface area contributed by atoms with Crippen LogP contribution in [0.5, 0.6) is 0 Å². The number of aromatic amines is 1. The molecule has 7 heteroatoms. The Morgan fingerprint density at radius 1 is 0.757 bits per heavy atom. The number of anilines is 1. The maximum absolute atomic E-state index is 11.0. The van der Waals surface area contributed by atoms with Gasteiger partial charge in [-0.1, -0.05) is 60.7 Å². The van der Waals surface area contributed by atoms with Crippen molar-refractivity contribution >= 4 is 17.6 Å². The molecule has 3 aromatic rings. The first-order valence-corrected chi connectivity index (χ1v) is 13.8. The SMILES string of the molecule is OCC1(Cc2[nH]c(N3CCCCC3)nc2-c2ccccc2)N=C(N2CCCCC2)N=C1c1ccccc1. The van der Waals surface area contributed by atoms with E-state index in [-0.39, 0.29) is 6.61 Å². The Morgan fingerprint density at radius 3 is 1.97 bits per heavy atom. The van der Waals surface area contributed by atoms with Gasteiger partial charge in [-0.2, -0.15) is 0 Å². The Labute approximate surface area is 219 Å². The van der Waals surface area contributed by atoms with Gasteiger partial charge in [-0.25, -0.2) is 15.0 Å². The molecule has 7 nitrogen and oxygen atoms in total. The lowest BCUT2D eigenvalue weighted by molar-refractivity contribution is 0.238. The zero-order valence-corrected chi connectivity index (χ0v) is 21.4. The predicted molar refractivity (Wildman–Crippen MR) is 149 cm³/mol. The zero-order valence-electron chi connectivity index (χ0n) is 21.4. The number of guanidine groups is 1. The summed E-state index contributed by atoms with van der Waals surface area (Å²) >= 11 is 0. The number of benzene rings is 2. The first-order chi connectivity index (χ1) is 18.3. The maximum Gasteiger partial charge on any atom is 0.222 e. The summed E-state index contributed by atoms with van der Waals surface area (Å²) in [6, 6.07) is 20.6. The quantitative estimate of drug-likeness (QED) is 0.519. The summed E-state index contributed by atoms with van der Waals surface area (Å²) in [5.74, 6) is 1.67. The van der Waals surface area contributed by atoms with Gasteiger partial charge < -0.3 is 19.9 Å². The number of aliphatic hydroxyl groups excluding tert-OH is 1. The standard InChI is InChI=1S/C30H36N6O/c37-22-30(27(24-15-7-2-8-16-24)33-29(34-30)36-19-11-4-12-20-36)21-25-26(23-13-5-1-6-14-23)32-28(31-25)35-17-9-3-10-18-35/h1-2,5-8,13-16,37H,3-4,9-12,17-22H2,(H,31,32). The molecule has 1 aromatic heterocycles. The second-order valence-electron chi connectivity index (χ2n) is 10.5. The monoisotopic (exact) mass is 496 g/mol. The molecular weight excluding hydrogens is 460 g/mol. The van der Waals surface area contributed by atoms with E-state index < -0.39 is 5.54 Å². The molecule has 2 saturated heterocycles. The molecule has 4 heterocycles. The fraction of sp³-hybridized carbons (Fsp3) is 0.433. The molecule has 0 radical (unpaired) electrons. The van der Waals surface area contributed by atoms with Gasteiger partial charge in [-0.3, -0.25) is 0 Å². The van der Waals surface area contributed by atoms with E-state index in [1.807, 2.05) is 24.3 Å². The first-order valence-electron chi connectivity index (χ1n) is 13.8. The number of nitrogens with one attached hydrogen (secondary N) is 1. The van der Waals surface area contributed by atoms with E-state index in [2.05, 4.69) is 51.2 Å². The lowest BCUT2D eigenvalue weighted by Gasteiger charge is -2.28. The van der Waals surface area contributed by atoms with Crippen molar-refractivity contribution in [3.8, 4) is 11.3 Å². The van der Waals surface area contributed by atoms with Crippen molar-refractivity contribution in [1.82, 2.24) is 14.9 Å². The highest BCUT2D eigenvalue weighted by atomic mass is 16.3. The van der Waals surface area contributed by atoms with Crippen LogP contribution in [0.25, 0.3) is 11.3 Å². The molecule has 6 rings (SSSR count). The minimum Gasteiger partial charge on any atom is -0.393 e. The van der Waals surface area contributed by atoms with Crippen LogP contribution in [0.1, 0.15) is 49.8 Å². The highest BCUT2D eigenvalue weighted by Crippen LogP contribution is 2.34. The second kappa shape index (κ2) is 10.5. The number of nitrogens with zero attached hydrogens (tertiary/aromatic N) is 5. The summed E-state index contributed by atoms with van der Waals surface area (Å²) in [4.78, 5) is 23.7. The molecule has 0 aliphatic carbocycles. The fourth-order valence-electron chi connectivity index (χ4n) is 5.83. The summed E-state index contributed by atoms with van der Waals surface area (Å²) in [5, 5.41) is 11.0. The molecular formula is C30H36N6O. The number of aliphatic hydroxyl groups is 1. The van der Waals surface area contributed by atoms with Crippen molar-refractivity contribution in [3.63, 3.8) is 0 Å². The van der Waals surface area contributed by atoms with Crippen LogP contribution in [-0.4, -0.2) is 70.0 Å². The van der Waals surface area contributed by atoms with E-state index in [0.717, 1.165) is 79.2 Å². The number of likely N-dealkylation sites (tertiary alicyclic amines) is 1. The van der Waals surface area contributed by atoms with Crippen molar-refractivity contribution < 1.29 is 5.11 Å². The Kier molecular flexibility index (Phi) is 6.79. The lowest BCUT2D eigenvalue weighted by atomic mass is 9.85. The molecule has 0 bridgehead atoms. The number of aromatic nitrogens is 2. The third-order valence-corrected chi connectivity index (χ3v) is 7.85. The predicted octanol–water partition coefficient (Wildman–Crippen LogP) is 4.69. The van der Waals surface area contributed by atoms with Gasteiger partial charge in [0.05, 0.1) is 18.0 Å². The molecule has 192 valence electrons. The number of imidazole rings is 1. The van der Waals surface area contributed by atoms with Crippen LogP contribution in [0.2, 0.25) is 0 Å². The van der Waals surface area contributed by atoms with E-state index in [4.69, 9.17) is 15.0 Å². The molecule has 3 aliphatic rings. The van der Waals surface area contributed by atoms with Crippen molar-refractivity contribution in [2.75, 3.05) is 37.7 Å². The van der Waals surface area contributed by atoms with Crippen molar-refractivity contribution in [2.45, 2.75) is 50.5 Å². The minimum absolute atomic E-state index is 0.121. The van der Waals surface area contributed by atoms with Crippen LogP contribution in [-0.2, 0) is 6.42 Å². The van der Waals surface area contributed by atoms with Gasteiger partial charge in [0, 0.05) is 43.9 Å². The van der Waals surface area contributed by atoms with Gasteiger partial charge in [0.1, 0.15) is 5.54 Å². The topological polar surface area (TPSA) is 80.1 Å². The number of hydrogen-bond donors (Lipinski definition) is 2. The van der Waals surface area contributed by atoms with Crippen LogP contribution in [0.15, 0.2) is 70.6 Å². The van der Waals surface area contributed by atoms with Gasteiger partial charge in [0.25, 0.3) is 0 Å². The van der Waals surface area contributed by atoms with Crippen LogP contribution in [0.4, 0.5) is 5.95 Å². The van der Waals surface area contributed by atoms with E-state index in [1.165, 1.54) is 25.7 Å². The van der Waals surface area contributed by atoms with Gasteiger partial charge in [-0.15, -0.1) is 0 Å². The summed E-state index contributed by atoms with van der Waals surface area (Å²) in [5.41, 5.74) is 3.97. The molecule has 0 saturated carbocycles. The van der Waals surface area contributed by atoms with Crippen LogP contribution in [0.3, 0.4) is 0 Å². The molecule has 2 N–H and O–H groups in total. The average Bonchev–Trinajstić information content (AvgIpc) is 3.57. The number of aliphatic imine (C=N–C) groups is 2. The average molecular weight is 497 g/mol. The highest BCUT2D eigenvalue weighted by molar-refractivity contribution is 6.16. The van der Waals surface area contributed by atoms with Gasteiger partial charge in [0.15, 0.2) is 0 Å². The van der Waals surface area contributed by atoms with Crippen LogP contribution >= 0.6 is 0 Å². The minimum atomic E-state index is -0.872. The zero-order chi connectivity index (χ0) is 25.1. The summed E-state index contributed by atoms with van der Waals surface area (Å²) in [6.45, 7) is 3.83. The number of hydrogen-bond acceptors (Lipinski definition) is 6. The van der Waals surface area contributed by atoms with Crippen molar-refractivity contribution in [1.29, 1.82) is 0 Å². The summed E-state index contributed by atoms with van der Waals surface area (Å²) in [7, 11) is 0. The number of rotatable bonds is 6. The largest absolute Gasteiger partial charge is 0.393 e. The molecule has 2 aromatic carbocycles. The summed E-state index contributed by atoms with van der Waals surface area (Å²) in [6.07, 6.45) is 7.70. The molecule has 2 fully saturated rings. The van der Waals surface area contributed by atoms with Crippen LogP contribution < -0.4 is 4.90 Å². The van der Waals surface area contributed by atoms with Gasteiger partial charge in [0.2, 0.25) is 11.9 Å². The Morgan fingerprint density at radius 2 is 1.35 bits per heavy atom. The Balaban J connectivity index is 1.43. The molecule has 1 unspecified atom stereocenters. The third kappa shape index (κ3) is 4.80. The molecule has 0 spiro atoms. The lowest BCUT2D eigenvalue weighted by Crippen LogP contribution is -2.42. The normalized spacial score (nSPS) is 22.2. The Hall–Kier alpha value is -3.45. The molecule has 3 aliphatic heterocycles. The van der Waals surface area contributed by atoms with E-state index in [9.17, 15) is 5.11 Å².